The monoisotopic (exact) mass is 160 g/mol. The van der Waals surface area contributed by atoms with Crippen molar-refractivity contribution >= 4 is 18.1 Å². The van der Waals surface area contributed by atoms with Gasteiger partial charge in [-0.25, -0.2) is 9.56 Å². The van der Waals surface area contributed by atoms with Gasteiger partial charge in [-0.1, -0.05) is 0 Å². The molecule has 0 aromatic carbocycles. The van der Waals surface area contributed by atoms with Gasteiger partial charge in [0.2, 0.25) is 6.33 Å². The van der Waals surface area contributed by atoms with E-state index >= 15 is 0 Å². The van der Waals surface area contributed by atoms with Gasteiger partial charge in [0.05, 0.1) is 24.2 Å². The van der Waals surface area contributed by atoms with Gasteiger partial charge < -0.3 is 0 Å². The van der Waals surface area contributed by atoms with E-state index in [9.17, 15) is 0 Å². The van der Waals surface area contributed by atoms with E-state index in [0.29, 0.717) is 0 Å². The highest BCUT2D eigenvalue weighted by atomic mass is 15.1. The van der Waals surface area contributed by atoms with Crippen molar-refractivity contribution in [2.24, 2.45) is 0 Å². The predicted octanol–water partition coefficient (Wildman–Crippen LogP) is 1.50. The number of rotatable bonds is 0. The van der Waals surface area contributed by atoms with Gasteiger partial charge in [0.25, 0.3) is 0 Å². The summed E-state index contributed by atoms with van der Waals surface area (Å²) in [5.74, 6) is 0.903. The highest BCUT2D eigenvalue weighted by Gasteiger charge is 2.24. The molecule has 0 radical (unpaired) electrons. The van der Waals surface area contributed by atoms with Crippen LogP contribution in [0.5, 0.6) is 0 Å². The molecule has 0 spiro atoms. The molecule has 0 amide bonds. The Hall–Kier alpha value is -1.51. The zero-order valence-corrected chi connectivity index (χ0v) is 7.20. The number of hydrogen-bond donors (Lipinski definition) is 0. The maximum absolute atomic E-state index is 4.15. The Labute approximate surface area is 71.1 Å². The molecule has 1 aliphatic rings. The maximum Gasteiger partial charge on any atom is 0.338 e. The highest BCUT2D eigenvalue weighted by molar-refractivity contribution is 5.74. The van der Waals surface area contributed by atoms with Gasteiger partial charge in [0.15, 0.2) is 0 Å². The second kappa shape index (κ2) is 2.24. The van der Waals surface area contributed by atoms with Crippen LogP contribution in [0, 0.1) is 6.92 Å². The largest absolute Gasteiger partial charge is 0.338 e. The first-order valence-electron chi connectivity index (χ1n) is 3.80. The van der Waals surface area contributed by atoms with Crippen molar-refractivity contribution in [3.05, 3.63) is 23.8 Å². The fourth-order valence-electron chi connectivity index (χ4n) is 1.50. The third kappa shape index (κ3) is 0.794. The molecule has 0 bridgehead atoms. The van der Waals surface area contributed by atoms with Crippen molar-refractivity contribution in [2.75, 3.05) is 0 Å². The Bertz CT molecular complexity index is 391. The van der Waals surface area contributed by atoms with Gasteiger partial charge in [0.1, 0.15) is 0 Å². The molecule has 60 valence electrons. The minimum absolute atomic E-state index is 0.903. The number of aromatic nitrogens is 2. The SMILES string of the molecule is C=[N+]1C=C(C)c2c(C)ncnc21. The first-order valence-corrected chi connectivity index (χ1v) is 3.80. The Morgan fingerprint density at radius 3 is 2.75 bits per heavy atom. The lowest BCUT2D eigenvalue weighted by atomic mass is 10.1. The number of fused-ring (bicyclic) bond motifs is 1. The van der Waals surface area contributed by atoms with Gasteiger partial charge >= 0.3 is 5.82 Å². The molecule has 0 saturated heterocycles. The minimum atomic E-state index is 0.903. The van der Waals surface area contributed by atoms with Crippen LogP contribution in [0.3, 0.4) is 0 Å². The smallest absolute Gasteiger partial charge is 0.217 e. The van der Waals surface area contributed by atoms with Gasteiger partial charge in [-0.05, 0) is 18.8 Å². The van der Waals surface area contributed by atoms with Crippen molar-refractivity contribution in [1.82, 2.24) is 9.97 Å². The number of nitrogens with zero attached hydrogens (tertiary/aromatic N) is 3. The molecular weight excluding hydrogens is 150 g/mol. The summed E-state index contributed by atoms with van der Waals surface area (Å²) in [5.41, 5.74) is 3.31. The predicted molar refractivity (Wildman–Crippen MR) is 47.5 cm³/mol. The van der Waals surface area contributed by atoms with Crippen LogP contribution in [0.4, 0.5) is 5.82 Å². The second-order valence-electron chi connectivity index (χ2n) is 2.94. The van der Waals surface area contributed by atoms with Crippen molar-refractivity contribution in [1.29, 1.82) is 0 Å². The van der Waals surface area contributed by atoms with Crippen molar-refractivity contribution < 1.29 is 4.58 Å². The Morgan fingerprint density at radius 2 is 2.08 bits per heavy atom. The van der Waals surface area contributed by atoms with E-state index in [2.05, 4.69) is 16.7 Å². The molecule has 1 aromatic rings. The van der Waals surface area contributed by atoms with E-state index in [4.69, 9.17) is 0 Å². The van der Waals surface area contributed by atoms with Crippen LogP contribution in [0.15, 0.2) is 12.5 Å². The van der Waals surface area contributed by atoms with E-state index in [1.165, 1.54) is 5.57 Å². The summed E-state index contributed by atoms with van der Waals surface area (Å²) in [6.07, 6.45) is 3.53. The lowest BCUT2D eigenvalue weighted by Crippen LogP contribution is -1.95. The van der Waals surface area contributed by atoms with Crippen LogP contribution < -0.4 is 0 Å². The van der Waals surface area contributed by atoms with Gasteiger partial charge in [-0.2, -0.15) is 0 Å². The summed E-state index contributed by atoms with van der Waals surface area (Å²) in [6.45, 7) is 7.86. The van der Waals surface area contributed by atoms with E-state index in [1.54, 1.807) is 10.9 Å². The van der Waals surface area contributed by atoms with E-state index in [0.717, 1.165) is 17.1 Å². The molecule has 0 N–H and O–H groups in total. The molecule has 3 heteroatoms. The first-order chi connectivity index (χ1) is 5.70. The molecule has 2 heterocycles. The molecule has 1 aliphatic heterocycles. The summed E-state index contributed by atoms with van der Waals surface area (Å²) < 4.78 is 1.78. The van der Waals surface area contributed by atoms with E-state index in [1.807, 2.05) is 20.0 Å². The molecular formula is C9H10N3+. The van der Waals surface area contributed by atoms with Crippen molar-refractivity contribution in [3.63, 3.8) is 0 Å². The highest BCUT2D eigenvalue weighted by Crippen LogP contribution is 2.31. The molecule has 0 unspecified atom stereocenters. The molecule has 0 fully saturated rings. The first kappa shape index (κ1) is 7.16. The minimum Gasteiger partial charge on any atom is -0.217 e. The third-order valence-electron chi connectivity index (χ3n) is 2.03. The molecule has 0 saturated carbocycles. The fraction of sp³-hybridized carbons (Fsp3) is 0.222. The lowest BCUT2D eigenvalue weighted by molar-refractivity contribution is -0.349. The molecule has 3 nitrogen and oxygen atoms in total. The average molecular weight is 160 g/mol. The zero-order valence-electron chi connectivity index (χ0n) is 7.20. The lowest BCUT2D eigenvalue weighted by Gasteiger charge is -1.95. The van der Waals surface area contributed by atoms with Crippen LogP contribution >= 0.6 is 0 Å². The van der Waals surface area contributed by atoms with Crippen LogP contribution in [-0.2, 0) is 0 Å². The Kier molecular flexibility index (Phi) is 1.33. The molecule has 1 aromatic heterocycles. The number of allylic oxidation sites excluding steroid dienone is 1. The summed E-state index contributed by atoms with van der Waals surface area (Å²) in [6, 6.07) is 0. The van der Waals surface area contributed by atoms with Crippen LogP contribution in [0.2, 0.25) is 0 Å². The van der Waals surface area contributed by atoms with Gasteiger partial charge in [0, 0.05) is 5.57 Å². The van der Waals surface area contributed by atoms with Crippen molar-refractivity contribution in [2.45, 2.75) is 13.8 Å². The third-order valence-corrected chi connectivity index (χ3v) is 2.03. The zero-order chi connectivity index (χ0) is 8.72. The van der Waals surface area contributed by atoms with Crippen LogP contribution in [0.25, 0.3) is 5.57 Å². The summed E-state index contributed by atoms with van der Waals surface area (Å²) in [4.78, 5) is 8.28. The normalized spacial score (nSPS) is 14.5. The molecule has 2 rings (SSSR count). The molecule has 0 atom stereocenters. The standard InChI is InChI=1S/C9H10N3/c1-6-4-12(3)9-8(6)7(2)10-5-11-9/h4-5H,3H2,1-2H3/q+1. The quantitative estimate of drug-likeness (QED) is 0.538. The summed E-state index contributed by atoms with van der Waals surface area (Å²) in [5, 5.41) is 0. The second-order valence-corrected chi connectivity index (χ2v) is 2.94. The van der Waals surface area contributed by atoms with E-state index < -0.39 is 0 Å². The topological polar surface area (TPSA) is 28.8 Å². The average Bonchev–Trinajstić information content (AvgIpc) is 2.29. The van der Waals surface area contributed by atoms with Crippen LogP contribution in [-0.4, -0.2) is 21.3 Å². The van der Waals surface area contributed by atoms with Crippen molar-refractivity contribution in [3.8, 4) is 0 Å². The number of aryl methyl sites for hydroxylation is 1. The van der Waals surface area contributed by atoms with E-state index in [-0.39, 0.29) is 0 Å². The molecule has 12 heavy (non-hydrogen) atoms. The van der Waals surface area contributed by atoms with Gasteiger partial charge in [-0.15, -0.1) is 0 Å². The van der Waals surface area contributed by atoms with Gasteiger partial charge in [-0.3, -0.25) is 0 Å². The molecule has 0 aliphatic carbocycles. The Morgan fingerprint density at radius 1 is 1.33 bits per heavy atom. The summed E-state index contributed by atoms with van der Waals surface area (Å²) in [7, 11) is 0. The Balaban J connectivity index is 2.77. The fourth-order valence-corrected chi connectivity index (χ4v) is 1.50. The van der Waals surface area contributed by atoms with Crippen LogP contribution in [0.1, 0.15) is 18.2 Å². The summed E-state index contributed by atoms with van der Waals surface area (Å²) >= 11 is 0. The maximum atomic E-state index is 4.15. The number of hydrogen-bond acceptors (Lipinski definition) is 2.